The minimum absolute atomic E-state index is 0.0870. The van der Waals surface area contributed by atoms with Gasteiger partial charge in [0.25, 0.3) is 0 Å². The van der Waals surface area contributed by atoms with Crippen LogP contribution in [-0.2, 0) is 0 Å². The minimum atomic E-state index is -0.0870. The molecule has 0 amide bonds. The Morgan fingerprint density at radius 3 is 2.50 bits per heavy atom. The van der Waals surface area contributed by atoms with Crippen molar-refractivity contribution in [1.29, 1.82) is 0 Å². The molecular weight excluding hydrogens is 364 g/mol. The fraction of sp³-hybridized carbons (Fsp3) is 0.862. The first-order valence-electron chi connectivity index (χ1n) is 13.3. The molecule has 0 aromatic heterocycles. The Hall–Kier alpha value is -0.560. The number of allylic oxidation sites excluding steroid dienone is 3. The van der Waals surface area contributed by atoms with Gasteiger partial charge in [-0.1, -0.05) is 65.3 Å². The zero-order valence-corrected chi connectivity index (χ0v) is 20.7. The summed E-state index contributed by atoms with van der Waals surface area (Å²) in [5.74, 6) is 5.70. The fourth-order valence-electron chi connectivity index (χ4n) is 8.83. The van der Waals surface area contributed by atoms with Crippen molar-refractivity contribution in [2.75, 3.05) is 0 Å². The third kappa shape index (κ3) is 3.66. The molecule has 4 aliphatic rings. The molecule has 0 aromatic carbocycles. The lowest BCUT2D eigenvalue weighted by atomic mass is 9.47. The highest BCUT2D eigenvalue weighted by molar-refractivity contribution is 5.25. The third-order valence-electron chi connectivity index (χ3n) is 10.8. The minimum Gasteiger partial charge on any atom is -0.393 e. The molecule has 1 heteroatoms. The van der Waals surface area contributed by atoms with Crippen LogP contribution in [0, 0.1) is 52.3 Å². The van der Waals surface area contributed by atoms with E-state index >= 15 is 0 Å². The quantitative estimate of drug-likeness (QED) is 0.457. The molecule has 4 aliphatic carbocycles. The molecule has 0 unspecified atom stereocenters. The van der Waals surface area contributed by atoms with Gasteiger partial charge >= 0.3 is 0 Å². The van der Waals surface area contributed by atoms with E-state index < -0.39 is 0 Å². The molecule has 0 bridgehead atoms. The first-order valence-corrected chi connectivity index (χ1v) is 13.3. The van der Waals surface area contributed by atoms with E-state index in [1.54, 1.807) is 5.57 Å². The van der Waals surface area contributed by atoms with Crippen molar-refractivity contribution in [3.63, 3.8) is 0 Å². The van der Waals surface area contributed by atoms with E-state index in [0.717, 1.165) is 48.3 Å². The molecule has 0 saturated heterocycles. The van der Waals surface area contributed by atoms with Gasteiger partial charge in [-0.25, -0.2) is 0 Å². The van der Waals surface area contributed by atoms with Crippen LogP contribution in [0.4, 0.5) is 0 Å². The van der Waals surface area contributed by atoms with Crippen LogP contribution in [0.3, 0.4) is 0 Å². The van der Waals surface area contributed by atoms with E-state index in [0.29, 0.717) is 16.7 Å². The largest absolute Gasteiger partial charge is 0.393 e. The van der Waals surface area contributed by atoms with E-state index in [1.807, 2.05) is 0 Å². The Bertz CT molecular complexity index is 674. The number of aliphatic hydroxyl groups excluding tert-OH is 1. The average molecular weight is 413 g/mol. The van der Waals surface area contributed by atoms with Gasteiger partial charge in [0.15, 0.2) is 0 Å². The maximum absolute atomic E-state index is 10.2. The lowest BCUT2D eigenvalue weighted by Gasteiger charge is -2.58. The van der Waals surface area contributed by atoms with Crippen molar-refractivity contribution in [2.45, 2.75) is 105 Å². The molecule has 0 radical (unpaired) electrons. The van der Waals surface area contributed by atoms with Crippen molar-refractivity contribution in [1.82, 2.24) is 0 Å². The van der Waals surface area contributed by atoms with E-state index in [9.17, 15) is 5.11 Å². The number of hydrogen-bond acceptors (Lipinski definition) is 1. The Morgan fingerprint density at radius 2 is 1.80 bits per heavy atom. The predicted molar refractivity (Wildman–Crippen MR) is 128 cm³/mol. The lowest BCUT2D eigenvalue weighted by molar-refractivity contribution is -0.0540. The highest BCUT2D eigenvalue weighted by Gasteiger charge is 2.58. The van der Waals surface area contributed by atoms with Gasteiger partial charge in [0, 0.05) is 0 Å². The molecule has 0 aliphatic heterocycles. The normalized spacial score (nSPS) is 45.6. The van der Waals surface area contributed by atoms with Crippen LogP contribution < -0.4 is 0 Å². The topological polar surface area (TPSA) is 20.2 Å². The second kappa shape index (κ2) is 8.42. The van der Waals surface area contributed by atoms with Crippen LogP contribution in [0.2, 0.25) is 0 Å². The van der Waals surface area contributed by atoms with Crippen LogP contribution in [-0.4, -0.2) is 11.2 Å². The zero-order chi connectivity index (χ0) is 21.7. The smallest absolute Gasteiger partial charge is 0.0577 e. The highest BCUT2D eigenvalue weighted by atomic mass is 16.3. The molecule has 1 nitrogen and oxygen atoms in total. The van der Waals surface area contributed by atoms with Crippen LogP contribution in [0.5, 0.6) is 0 Å². The highest BCUT2D eigenvalue weighted by Crippen LogP contribution is 2.67. The maximum Gasteiger partial charge on any atom is 0.0577 e. The van der Waals surface area contributed by atoms with Crippen molar-refractivity contribution in [3.05, 3.63) is 23.8 Å². The van der Waals surface area contributed by atoms with Crippen LogP contribution >= 0.6 is 0 Å². The molecule has 0 aromatic rings. The summed E-state index contributed by atoms with van der Waals surface area (Å²) in [6.45, 7) is 14.8. The summed E-state index contributed by atoms with van der Waals surface area (Å²) in [6, 6.07) is 0. The van der Waals surface area contributed by atoms with Gasteiger partial charge in [-0.3, -0.25) is 0 Å². The molecule has 4 rings (SSSR count). The monoisotopic (exact) mass is 412 g/mol. The first kappa shape index (κ1) is 22.6. The van der Waals surface area contributed by atoms with Crippen molar-refractivity contribution in [3.8, 4) is 0 Å². The van der Waals surface area contributed by atoms with Crippen LogP contribution in [0.15, 0.2) is 23.8 Å². The average Bonchev–Trinajstić information content (AvgIpc) is 3.06. The van der Waals surface area contributed by atoms with Crippen molar-refractivity contribution >= 4 is 0 Å². The number of fused-ring (bicyclic) bond motifs is 5. The van der Waals surface area contributed by atoms with Gasteiger partial charge in [0.1, 0.15) is 0 Å². The van der Waals surface area contributed by atoms with Crippen molar-refractivity contribution in [2.24, 2.45) is 52.3 Å². The second-order valence-electron chi connectivity index (χ2n) is 12.4. The van der Waals surface area contributed by atoms with Gasteiger partial charge in [0.05, 0.1) is 6.10 Å². The summed E-state index contributed by atoms with van der Waals surface area (Å²) in [6.07, 6.45) is 19.1. The fourth-order valence-corrected chi connectivity index (χ4v) is 8.83. The molecule has 1 N–H and O–H groups in total. The van der Waals surface area contributed by atoms with Crippen molar-refractivity contribution < 1.29 is 5.11 Å². The van der Waals surface area contributed by atoms with Gasteiger partial charge in [0.2, 0.25) is 0 Å². The molecule has 30 heavy (non-hydrogen) atoms. The molecule has 3 fully saturated rings. The SMILES string of the molecule is CC[C@@H](/C=C/[C@@H](C)[C@H]1CC[C@H]2[C@H]3CC=C4C[C@@H](O)CC[C@]4(C)[C@@H]3CC[C@]12C)C(C)C. The molecule has 0 spiro atoms. The van der Waals surface area contributed by atoms with Gasteiger partial charge in [-0.05, 0) is 110 Å². The number of hydrogen-bond donors (Lipinski definition) is 1. The summed E-state index contributed by atoms with van der Waals surface area (Å²) in [5.41, 5.74) is 2.51. The summed E-state index contributed by atoms with van der Waals surface area (Å²) in [7, 11) is 0. The molecule has 170 valence electrons. The summed E-state index contributed by atoms with van der Waals surface area (Å²) < 4.78 is 0. The Morgan fingerprint density at radius 1 is 1.03 bits per heavy atom. The van der Waals surface area contributed by atoms with E-state index in [4.69, 9.17) is 0 Å². The van der Waals surface area contributed by atoms with Gasteiger partial charge in [-0.2, -0.15) is 0 Å². The Balaban J connectivity index is 1.52. The predicted octanol–water partition coefficient (Wildman–Crippen LogP) is 7.80. The third-order valence-corrected chi connectivity index (χ3v) is 10.8. The Labute approximate surface area is 186 Å². The zero-order valence-electron chi connectivity index (χ0n) is 20.7. The summed E-state index contributed by atoms with van der Waals surface area (Å²) >= 11 is 0. The molecule has 0 heterocycles. The lowest BCUT2D eigenvalue weighted by Crippen LogP contribution is -2.50. The second-order valence-corrected chi connectivity index (χ2v) is 12.4. The Kier molecular flexibility index (Phi) is 6.35. The van der Waals surface area contributed by atoms with E-state index in [2.05, 4.69) is 59.8 Å². The molecule has 3 saturated carbocycles. The summed E-state index contributed by atoms with van der Waals surface area (Å²) in [4.78, 5) is 0. The first-order chi connectivity index (χ1) is 14.2. The molecule has 9 atom stereocenters. The van der Waals surface area contributed by atoms with Gasteiger partial charge < -0.3 is 5.11 Å². The molecular formula is C29H48O. The van der Waals surface area contributed by atoms with Gasteiger partial charge in [-0.15, -0.1) is 0 Å². The number of aliphatic hydroxyl groups is 1. The summed E-state index contributed by atoms with van der Waals surface area (Å²) in [5, 5.41) is 10.2. The number of rotatable bonds is 5. The maximum atomic E-state index is 10.2. The van der Waals surface area contributed by atoms with E-state index in [-0.39, 0.29) is 6.10 Å². The van der Waals surface area contributed by atoms with E-state index in [1.165, 1.54) is 44.9 Å². The van der Waals surface area contributed by atoms with Crippen LogP contribution in [0.25, 0.3) is 0 Å². The standard InChI is InChI=1S/C29H48O/c1-7-21(19(2)3)9-8-20(4)25-12-13-26-24-11-10-22-18-23(30)14-16-28(22,5)27(24)15-17-29(25,26)6/h8-10,19-21,23-27,30H,7,11-18H2,1-6H3/b9-8+/t20-,21+,23+,24-,25-,26+,27-,28+,29-/m1/s1. The van der Waals surface area contributed by atoms with Crippen LogP contribution in [0.1, 0.15) is 99.3 Å².